The predicted molar refractivity (Wildman–Crippen MR) is 69.1 cm³/mol. The van der Waals surface area contributed by atoms with Crippen LogP contribution in [0, 0.1) is 0 Å². The van der Waals surface area contributed by atoms with Gasteiger partial charge in [0, 0.05) is 11.3 Å². The number of ether oxygens (including phenoxy) is 1. The molecule has 0 aromatic heterocycles. The summed E-state index contributed by atoms with van der Waals surface area (Å²) in [5.74, 6) is -2.10. The quantitative estimate of drug-likeness (QED) is 0.734. The number of carboxylic acids is 1. The van der Waals surface area contributed by atoms with Crippen LogP contribution >= 0.6 is 0 Å². The molecule has 106 valence electrons. The van der Waals surface area contributed by atoms with Gasteiger partial charge in [0.15, 0.2) is 6.10 Å². The minimum atomic E-state index is -1.07. The first-order valence-electron chi connectivity index (χ1n) is 6.06. The number of primary amides is 1. The Bertz CT molecular complexity index is 557. The molecular weight excluding hydrogens is 264 g/mol. The summed E-state index contributed by atoms with van der Waals surface area (Å²) in [6, 6.07) is 6.17. The Morgan fingerprint density at radius 2 is 1.95 bits per heavy atom. The van der Waals surface area contributed by atoms with E-state index in [-0.39, 0.29) is 5.56 Å². The van der Waals surface area contributed by atoms with E-state index < -0.39 is 30.0 Å². The highest BCUT2D eigenvalue weighted by atomic mass is 16.5. The average Bonchev–Trinajstić information content (AvgIpc) is 2.88. The van der Waals surface area contributed by atoms with Gasteiger partial charge < -0.3 is 20.9 Å². The highest BCUT2D eigenvalue weighted by Crippen LogP contribution is 2.21. The SMILES string of the molecule is NC(=O)c1cccc(NC(=O)C2CCC(C(=O)O)O2)c1. The first-order valence-corrected chi connectivity index (χ1v) is 6.06. The zero-order chi connectivity index (χ0) is 14.7. The smallest absolute Gasteiger partial charge is 0.332 e. The van der Waals surface area contributed by atoms with Gasteiger partial charge in [-0.05, 0) is 31.0 Å². The molecule has 0 spiro atoms. The molecule has 1 aliphatic heterocycles. The number of hydrogen-bond donors (Lipinski definition) is 3. The maximum Gasteiger partial charge on any atom is 0.332 e. The molecule has 7 heteroatoms. The normalized spacial score (nSPS) is 21.4. The van der Waals surface area contributed by atoms with Crippen molar-refractivity contribution < 1.29 is 24.2 Å². The van der Waals surface area contributed by atoms with Crippen molar-refractivity contribution in [3.63, 3.8) is 0 Å². The van der Waals surface area contributed by atoms with Crippen LogP contribution in [0.3, 0.4) is 0 Å². The Hall–Kier alpha value is -2.41. The monoisotopic (exact) mass is 278 g/mol. The molecule has 7 nitrogen and oxygen atoms in total. The van der Waals surface area contributed by atoms with Gasteiger partial charge in [0.1, 0.15) is 6.10 Å². The fourth-order valence-electron chi connectivity index (χ4n) is 1.98. The lowest BCUT2D eigenvalue weighted by atomic mass is 10.1. The molecule has 0 saturated carbocycles. The molecule has 1 heterocycles. The summed E-state index contributed by atoms with van der Waals surface area (Å²) in [6.45, 7) is 0. The van der Waals surface area contributed by atoms with Crippen LogP contribution in [-0.4, -0.2) is 35.1 Å². The number of nitrogens with two attached hydrogens (primary N) is 1. The number of carboxylic acid groups (broad SMARTS) is 1. The van der Waals surface area contributed by atoms with Crippen molar-refractivity contribution in [1.82, 2.24) is 0 Å². The molecule has 1 aromatic carbocycles. The van der Waals surface area contributed by atoms with E-state index in [1.54, 1.807) is 12.1 Å². The van der Waals surface area contributed by atoms with Crippen molar-refractivity contribution in [1.29, 1.82) is 0 Å². The minimum Gasteiger partial charge on any atom is -0.479 e. The summed E-state index contributed by atoms with van der Waals surface area (Å²) in [5.41, 5.74) is 5.83. The first-order chi connectivity index (χ1) is 9.47. The fraction of sp³-hybridized carbons (Fsp3) is 0.308. The Balaban J connectivity index is 2.00. The molecule has 2 unspecified atom stereocenters. The van der Waals surface area contributed by atoms with Crippen LogP contribution in [0.25, 0.3) is 0 Å². The van der Waals surface area contributed by atoms with Crippen molar-refractivity contribution in [2.24, 2.45) is 5.73 Å². The van der Waals surface area contributed by atoms with Crippen LogP contribution in [0.4, 0.5) is 5.69 Å². The largest absolute Gasteiger partial charge is 0.479 e. The molecule has 0 radical (unpaired) electrons. The second-order valence-electron chi connectivity index (χ2n) is 4.46. The number of aliphatic carboxylic acids is 1. The van der Waals surface area contributed by atoms with Crippen molar-refractivity contribution in [3.8, 4) is 0 Å². The fourth-order valence-corrected chi connectivity index (χ4v) is 1.98. The summed E-state index contributed by atoms with van der Waals surface area (Å²) < 4.78 is 5.13. The van der Waals surface area contributed by atoms with Crippen LogP contribution in [0.1, 0.15) is 23.2 Å². The zero-order valence-electron chi connectivity index (χ0n) is 10.5. The lowest BCUT2D eigenvalue weighted by Gasteiger charge is -2.12. The summed E-state index contributed by atoms with van der Waals surface area (Å²) in [4.78, 5) is 33.7. The summed E-state index contributed by atoms with van der Waals surface area (Å²) in [6.07, 6.45) is -1.09. The van der Waals surface area contributed by atoms with Gasteiger partial charge in [0.25, 0.3) is 5.91 Å². The number of rotatable bonds is 4. The van der Waals surface area contributed by atoms with Crippen LogP contribution in [0.15, 0.2) is 24.3 Å². The molecule has 1 aromatic rings. The molecular formula is C13H14N2O5. The van der Waals surface area contributed by atoms with E-state index in [1.165, 1.54) is 12.1 Å². The molecule has 2 atom stereocenters. The third-order valence-electron chi connectivity index (χ3n) is 3.00. The molecule has 0 aliphatic carbocycles. The average molecular weight is 278 g/mol. The lowest BCUT2D eigenvalue weighted by Crippen LogP contribution is -2.30. The summed E-state index contributed by atoms with van der Waals surface area (Å²) in [5, 5.41) is 11.4. The second kappa shape index (κ2) is 5.70. The lowest BCUT2D eigenvalue weighted by molar-refractivity contribution is -0.150. The number of carbonyl (C=O) groups excluding carboxylic acids is 2. The van der Waals surface area contributed by atoms with E-state index in [0.717, 1.165) is 0 Å². The first kappa shape index (κ1) is 14.0. The highest BCUT2D eigenvalue weighted by Gasteiger charge is 2.34. The van der Waals surface area contributed by atoms with Gasteiger partial charge >= 0.3 is 5.97 Å². The Morgan fingerprint density at radius 1 is 1.25 bits per heavy atom. The maximum atomic E-state index is 11.9. The Morgan fingerprint density at radius 3 is 2.55 bits per heavy atom. The van der Waals surface area contributed by atoms with E-state index in [9.17, 15) is 14.4 Å². The van der Waals surface area contributed by atoms with Gasteiger partial charge in [-0.2, -0.15) is 0 Å². The van der Waals surface area contributed by atoms with Crippen molar-refractivity contribution >= 4 is 23.5 Å². The third kappa shape index (κ3) is 3.12. The Kier molecular flexibility index (Phi) is 3.99. The van der Waals surface area contributed by atoms with Gasteiger partial charge in [-0.15, -0.1) is 0 Å². The molecule has 4 N–H and O–H groups in total. The number of amides is 2. The number of anilines is 1. The van der Waals surface area contributed by atoms with Gasteiger partial charge in [-0.25, -0.2) is 4.79 Å². The van der Waals surface area contributed by atoms with E-state index >= 15 is 0 Å². The van der Waals surface area contributed by atoms with Crippen LogP contribution < -0.4 is 11.1 Å². The molecule has 0 bridgehead atoms. The zero-order valence-corrected chi connectivity index (χ0v) is 10.5. The number of nitrogens with one attached hydrogen (secondary N) is 1. The summed E-state index contributed by atoms with van der Waals surface area (Å²) >= 11 is 0. The van der Waals surface area contributed by atoms with Gasteiger partial charge in [0.2, 0.25) is 5.91 Å². The van der Waals surface area contributed by atoms with Crippen molar-refractivity contribution in [3.05, 3.63) is 29.8 Å². The number of carbonyl (C=O) groups is 3. The standard InChI is InChI=1S/C13H14N2O5/c14-11(16)7-2-1-3-8(6-7)15-12(17)9-4-5-10(20-9)13(18)19/h1-3,6,9-10H,4-5H2,(H2,14,16)(H,15,17)(H,18,19). The third-order valence-corrected chi connectivity index (χ3v) is 3.00. The molecule has 2 amide bonds. The van der Waals surface area contributed by atoms with Gasteiger partial charge in [-0.1, -0.05) is 6.07 Å². The minimum absolute atomic E-state index is 0.276. The van der Waals surface area contributed by atoms with Crippen molar-refractivity contribution in [2.75, 3.05) is 5.32 Å². The van der Waals surface area contributed by atoms with Crippen LogP contribution in [0.2, 0.25) is 0 Å². The number of benzene rings is 1. The van der Waals surface area contributed by atoms with Gasteiger partial charge in [0.05, 0.1) is 0 Å². The highest BCUT2D eigenvalue weighted by molar-refractivity contribution is 5.97. The molecule has 1 fully saturated rings. The van der Waals surface area contributed by atoms with E-state index in [1.807, 2.05) is 0 Å². The van der Waals surface area contributed by atoms with Crippen molar-refractivity contribution in [2.45, 2.75) is 25.0 Å². The molecule has 2 rings (SSSR count). The molecule has 20 heavy (non-hydrogen) atoms. The van der Waals surface area contributed by atoms with Gasteiger partial charge in [-0.3, -0.25) is 9.59 Å². The summed E-state index contributed by atoms with van der Waals surface area (Å²) in [7, 11) is 0. The Labute approximate surface area is 114 Å². The van der Waals surface area contributed by atoms with E-state index in [4.69, 9.17) is 15.6 Å². The van der Waals surface area contributed by atoms with Crippen LogP contribution in [-0.2, 0) is 14.3 Å². The van der Waals surface area contributed by atoms with Crippen LogP contribution in [0.5, 0.6) is 0 Å². The van der Waals surface area contributed by atoms with E-state index in [2.05, 4.69) is 5.32 Å². The molecule has 1 saturated heterocycles. The number of hydrogen-bond acceptors (Lipinski definition) is 4. The maximum absolute atomic E-state index is 11.9. The van der Waals surface area contributed by atoms with E-state index in [0.29, 0.717) is 18.5 Å². The second-order valence-corrected chi connectivity index (χ2v) is 4.46. The predicted octanol–water partition coefficient (Wildman–Crippen LogP) is 0.356. The molecule has 1 aliphatic rings. The topological polar surface area (TPSA) is 119 Å².